The topological polar surface area (TPSA) is 3.24 Å². The normalized spacial score (nSPS) is 13.7. The SMILES string of the molecule is CN(C)CC(Cl)Cc1cccs1. The fourth-order valence-electron chi connectivity index (χ4n) is 1.11. The molecule has 3 heteroatoms. The van der Waals surface area contributed by atoms with E-state index < -0.39 is 0 Å². The van der Waals surface area contributed by atoms with Gasteiger partial charge in [0, 0.05) is 11.4 Å². The van der Waals surface area contributed by atoms with Crippen LogP contribution in [0.15, 0.2) is 17.5 Å². The summed E-state index contributed by atoms with van der Waals surface area (Å²) in [6.07, 6.45) is 0.984. The predicted octanol–water partition coefficient (Wildman–Crippen LogP) is 2.46. The van der Waals surface area contributed by atoms with Gasteiger partial charge in [0.1, 0.15) is 0 Å². The summed E-state index contributed by atoms with van der Waals surface area (Å²) in [5, 5.41) is 2.33. The molecular formula is C9H14ClNS. The van der Waals surface area contributed by atoms with Gasteiger partial charge < -0.3 is 4.90 Å². The Labute approximate surface area is 83.0 Å². The summed E-state index contributed by atoms with van der Waals surface area (Å²) in [6.45, 7) is 0.944. The summed E-state index contributed by atoms with van der Waals surface area (Å²) in [5.74, 6) is 0. The van der Waals surface area contributed by atoms with E-state index in [1.807, 2.05) is 14.1 Å². The molecule has 0 aliphatic carbocycles. The van der Waals surface area contributed by atoms with Crippen molar-refractivity contribution in [2.75, 3.05) is 20.6 Å². The molecule has 1 rings (SSSR count). The number of thiophene rings is 1. The minimum Gasteiger partial charge on any atom is -0.308 e. The maximum Gasteiger partial charge on any atom is 0.0511 e. The lowest BCUT2D eigenvalue weighted by atomic mass is 10.2. The Hall–Kier alpha value is -0.0500. The first-order chi connectivity index (χ1) is 5.68. The molecule has 0 amide bonds. The molecule has 0 aliphatic rings. The van der Waals surface area contributed by atoms with Gasteiger partial charge in [0.05, 0.1) is 5.38 Å². The standard InChI is InChI=1S/C9H14ClNS/c1-11(2)7-8(10)6-9-4-3-5-12-9/h3-5,8H,6-7H2,1-2H3. The van der Waals surface area contributed by atoms with Crippen LogP contribution in [0.25, 0.3) is 0 Å². The van der Waals surface area contributed by atoms with Crippen molar-refractivity contribution in [1.82, 2.24) is 4.90 Å². The maximum atomic E-state index is 6.13. The molecule has 68 valence electrons. The molecule has 0 radical (unpaired) electrons. The van der Waals surface area contributed by atoms with Gasteiger partial charge in [0.2, 0.25) is 0 Å². The van der Waals surface area contributed by atoms with Crippen molar-refractivity contribution in [3.05, 3.63) is 22.4 Å². The third-order valence-electron chi connectivity index (χ3n) is 1.57. The fraction of sp³-hybridized carbons (Fsp3) is 0.556. The van der Waals surface area contributed by atoms with E-state index in [1.165, 1.54) is 4.88 Å². The van der Waals surface area contributed by atoms with Crippen molar-refractivity contribution in [1.29, 1.82) is 0 Å². The molecule has 1 atom stereocenters. The van der Waals surface area contributed by atoms with Gasteiger partial charge in [0.15, 0.2) is 0 Å². The van der Waals surface area contributed by atoms with Crippen molar-refractivity contribution < 1.29 is 0 Å². The average molecular weight is 204 g/mol. The fourth-order valence-corrected chi connectivity index (χ4v) is 2.43. The van der Waals surface area contributed by atoms with Crippen LogP contribution in [0.3, 0.4) is 0 Å². The zero-order valence-corrected chi connectivity index (χ0v) is 9.03. The second-order valence-corrected chi connectivity index (χ2v) is 4.79. The highest BCUT2D eigenvalue weighted by Gasteiger charge is 2.07. The molecule has 0 spiro atoms. The molecular weight excluding hydrogens is 190 g/mol. The summed E-state index contributed by atoms with van der Waals surface area (Å²) >= 11 is 7.91. The van der Waals surface area contributed by atoms with E-state index in [-0.39, 0.29) is 5.38 Å². The molecule has 0 N–H and O–H groups in total. The highest BCUT2D eigenvalue weighted by atomic mass is 35.5. The third kappa shape index (κ3) is 3.57. The Kier molecular flexibility index (Phi) is 4.06. The number of rotatable bonds is 4. The van der Waals surface area contributed by atoms with Crippen LogP contribution >= 0.6 is 22.9 Å². The Morgan fingerprint density at radius 2 is 2.33 bits per heavy atom. The molecule has 1 unspecified atom stereocenters. The quantitative estimate of drug-likeness (QED) is 0.680. The molecule has 1 heterocycles. The van der Waals surface area contributed by atoms with E-state index in [2.05, 4.69) is 22.4 Å². The highest BCUT2D eigenvalue weighted by molar-refractivity contribution is 7.09. The molecule has 0 bridgehead atoms. The second-order valence-electron chi connectivity index (χ2n) is 3.14. The Bertz CT molecular complexity index is 208. The highest BCUT2D eigenvalue weighted by Crippen LogP contribution is 2.14. The van der Waals surface area contributed by atoms with Gasteiger partial charge in [-0.15, -0.1) is 22.9 Å². The van der Waals surface area contributed by atoms with Crippen LogP contribution in [-0.4, -0.2) is 30.9 Å². The van der Waals surface area contributed by atoms with Crippen molar-refractivity contribution in [2.24, 2.45) is 0 Å². The van der Waals surface area contributed by atoms with Gasteiger partial charge in [-0.3, -0.25) is 0 Å². The molecule has 0 saturated carbocycles. The van der Waals surface area contributed by atoms with Crippen LogP contribution < -0.4 is 0 Å². The van der Waals surface area contributed by atoms with Crippen LogP contribution in [0.1, 0.15) is 4.88 Å². The summed E-state index contributed by atoms with van der Waals surface area (Å²) in [4.78, 5) is 3.49. The van der Waals surface area contributed by atoms with Gasteiger partial charge in [0.25, 0.3) is 0 Å². The smallest absolute Gasteiger partial charge is 0.0511 e. The molecule has 1 aromatic rings. The van der Waals surface area contributed by atoms with E-state index in [0.29, 0.717) is 0 Å². The summed E-state index contributed by atoms with van der Waals surface area (Å²) < 4.78 is 0. The summed E-state index contributed by atoms with van der Waals surface area (Å²) in [6, 6.07) is 4.20. The van der Waals surface area contributed by atoms with E-state index in [9.17, 15) is 0 Å². The minimum absolute atomic E-state index is 0.235. The van der Waals surface area contributed by atoms with Gasteiger partial charge in [-0.2, -0.15) is 0 Å². The zero-order chi connectivity index (χ0) is 8.97. The van der Waals surface area contributed by atoms with Crippen LogP contribution in [0.2, 0.25) is 0 Å². The average Bonchev–Trinajstić information content (AvgIpc) is 2.37. The van der Waals surface area contributed by atoms with Gasteiger partial charge in [-0.25, -0.2) is 0 Å². The first-order valence-electron chi connectivity index (χ1n) is 3.99. The molecule has 0 aliphatic heterocycles. The van der Waals surface area contributed by atoms with Gasteiger partial charge >= 0.3 is 0 Å². The first kappa shape index (κ1) is 10.0. The molecule has 0 aromatic carbocycles. The lowest BCUT2D eigenvalue weighted by molar-refractivity contribution is 0.404. The first-order valence-corrected chi connectivity index (χ1v) is 5.31. The van der Waals surface area contributed by atoms with Crippen molar-refractivity contribution in [2.45, 2.75) is 11.8 Å². The van der Waals surface area contributed by atoms with E-state index in [0.717, 1.165) is 13.0 Å². The molecule has 12 heavy (non-hydrogen) atoms. The second kappa shape index (κ2) is 4.85. The van der Waals surface area contributed by atoms with Gasteiger partial charge in [-0.05, 0) is 32.0 Å². The van der Waals surface area contributed by atoms with E-state index >= 15 is 0 Å². The van der Waals surface area contributed by atoms with Crippen LogP contribution in [-0.2, 0) is 6.42 Å². The third-order valence-corrected chi connectivity index (χ3v) is 2.76. The van der Waals surface area contributed by atoms with Gasteiger partial charge in [-0.1, -0.05) is 6.07 Å². The number of hydrogen-bond acceptors (Lipinski definition) is 2. The molecule has 0 fully saturated rings. The summed E-state index contributed by atoms with van der Waals surface area (Å²) in [5.41, 5.74) is 0. The van der Waals surface area contributed by atoms with E-state index in [1.54, 1.807) is 11.3 Å². The summed E-state index contributed by atoms with van der Waals surface area (Å²) in [7, 11) is 4.09. The number of alkyl halides is 1. The minimum atomic E-state index is 0.235. The lowest BCUT2D eigenvalue weighted by Gasteiger charge is -2.13. The van der Waals surface area contributed by atoms with Crippen molar-refractivity contribution in [3.8, 4) is 0 Å². The van der Waals surface area contributed by atoms with Crippen LogP contribution in [0.5, 0.6) is 0 Å². The molecule has 1 nitrogen and oxygen atoms in total. The molecule has 0 saturated heterocycles. The van der Waals surface area contributed by atoms with Crippen LogP contribution in [0, 0.1) is 0 Å². The Morgan fingerprint density at radius 3 is 2.83 bits per heavy atom. The molecule has 1 aromatic heterocycles. The maximum absolute atomic E-state index is 6.13. The Morgan fingerprint density at radius 1 is 1.58 bits per heavy atom. The zero-order valence-electron chi connectivity index (χ0n) is 7.46. The number of nitrogens with zero attached hydrogens (tertiary/aromatic N) is 1. The Balaban J connectivity index is 2.32. The lowest BCUT2D eigenvalue weighted by Crippen LogP contribution is -2.23. The van der Waals surface area contributed by atoms with Crippen molar-refractivity contribution in [3.63, 3.8) is 0 Å². The number of halogens is 1. The van der Waals surface area contributed by atoms with E-state index in [4.69, 9.17) is 11.6 Å². The predicted molar refractivity (Wildman–Crippen MR) is 56.2 cm³/mol. The number of hydrogen-bond donors (Lipinski definition) is 0. The largest absolute Gasteiger partial charge is 0.308 e. The van der Waals surface area contributed by atoms with Crippen molar-refractivity contribution >= 4 is 22.9 Å². The monoisotopic (exact) mass is 203 g/mol. The van der Waals surface area contributed by atoms with Crippen LogP contribution in [0.4, 0.5) is 0 Å².